The number of fused-ring (bicyclic) bond motifs is 1. The van der Waals surface area contributed by atoms with Gasteiger partial charge in [-0.05, 0) is 96.3 Å². The molecule has 0 aliphatic carbocycles. The lowest BCUT2D eigenvalue weighted by Gasteiger charge is -2.40. The molecular weight excluding hydrogens is 636 g/mol. The van der Waals surface area contributed by atoms with Gasteiger partial charge in [0.1, 0.15) is 0 Å². The molecule has 49 heavy (non-hydrogen) atoms. The summed E-state index contributed by atoms with van der Waals surface area (Å²) in [7, 11) is 0. The van der Waals surface area contributed by atoms with E-state index in [0.29, 0.717) is 18.0 Å². The van der Waals surface area contributed by atoms with Crippen molar-refractivity contribution in [3.8, 4) is 11.1 Å². The zero-order valence-electron chi connectivity index (χ0n) is 27.9. The van der Waals surface area contributed by atoms with Crippen molar-refractivity contribution in [2.75, 3.05) is 52.7 Å². The van der Waals surface area contributed by atoms with Gasteiger partial charge in [0.2, 0.25) is 11.8 Å². The minimum atomic E-state index is -0.357. The van der Waals surface area contributed by atoms with Gasteiger partial charge in [-0.2, -0.15) is 0 Å². The number of hydrogen-bond acceptors (Lipinski definition) is 6. The maximum atomic E-state index is 12.7. The van der Waals surface area contributed by atoms with Crippen LogP contribution in [0.1, 0.15) is 43.9 Å². The van der Waals surface area contributed by atoms with Crippen molar-refractivity contribution in [3.63, 3.8) is 0 Å². The van der Waals surface area contributed by atoms with E-state index < -0.39 is 0 Å². The molecule has 4 amide bonds. The average molecular weight is 677 g/mol. The lowest BCUT2D eigenvalue weighted by Crippen LogP contribution is -2.49. The number of nitrogens with zero attached hydrogens (tertiary/aromatic N) is 4. The molecule has 3 aliphatic rings. The normalized spacial score (nSPS) is 19.8. The van der Waals surface area contributed by atoms with Crippen LogP contribution in [0.2, 0.25) is 5.02 Å². The summed E-state index contributed by atoms with van der Waals surface area (Å²) in [5, 5.41) is 6.79. The van der Waals surface area contributed by atoms with E-state index in [2.05, 4.69) is 82.0 Å². The Bertz CT molecular complexity index is 1860. The summed E-state index contributed by atoms with van der Waals surface area (Å²) in [6.07, 6.45) is 1.11. The van der Waals surface area contributed by atoms with Crippen LogP contribution in [0.4, 0.5) is 27.5 Å². The van der Waals surface area contributed by atoms with E-state index in [4.69, 9.17) is 11.6 Å². The van der Waals surface area contributed by atoms with Crippen LogP contribution in [0.15, 0.2) is 91.0 Å². The fourth-order valence-corrected chi connectivity index (χ4v) is 7.45. The van der Waals surface area contributed by atoms with Crippen LogP contribution in [0.25, 0.3) is 11.1 Å². The van der Waals surface area contributed by atoms with Crippen LogP contribution in [0, 0.1) is 0 Å². The quantitative estimate of drug-likeness (QED) is 0.218. The average Bonchev–Trinajstić information content (AvgIpc) is 3.09. The Morgan fingerprint density at radius 1 is 0.857 bits per heavy atom. The molecule has 252 valence electrons. The van der Waals surface area contributed by atoms with Gasteiger partial charge in [-0.15, -0.1) is 0 Å². The zero-order valence-corrected chi connectivity index (χ0v) is 28.6. The molecule has 0 aromatic heterocycles. The highest BCUT2D eigenvalue weighted by Crippen LogP contribution is 2.41. The van der Waals surface area contributed by atoms with Crippen molar-refractivity contribution in [1.82, 2.24) is 10.2 Å². The summed E-state index contributed by atoms with van der Waals surface area (Å²) < 4.78 is 0. The third kappa shape index (κ3) is 7.14. The lowest BCUT2D eigenvalue weighted by atomic mass is 9.89. The number of hydrogen-bond donors (Lipinski definition) is 2. The molecule has 4 aromatic rings. The first-order valence-corrected chi connectivity index (χ1v) is 17.3. The fourth-order valence-electron chi connectivity index (χ4n) is 7.33. The molecule has 2 atom stereocenters. The minimum Gasteiger partial charge on any atom is -0.378 e. The standard InChI is InChI=1S/C39H41ClN6O3/c1-26-22-36(41-32-11-9-31(40)10-12-32)35-24-30(8-15-37(35)46(26)27(2)47)29-6-13-33(14-7-29)44-20-18-43(19-21-44)25-28-4-3-5-34(23-28)45-17-16-38(48)42-39(45)49/h3-15,23-24,26,36,41H,16-22,25H2,1-2H3,(H,42,48,49). The molecule has 9 nitrogen and oxygen atoms in total. The number of urea groups is 1. The van der Waals surface area contributed by atoms with Gasteiger partial charge in [0.15, 0.2) is 0 Å². The molecule has 0 bridgehead atoms. The van der Waals surface area contributed by atoms with Crippen LogP contribution >= 0.6 is 11.6 Å². The number of nitrogens with one attached hydrogen (secondary N) is 2. The van der Waals surface area contributed by atoms with E-state index in [1.165, 1.54) is 5.69 Å². The second kappa shape index (κ2) is 13.9. The highest BCUT2D eigenvalue weighted by Gasteiger charge is 2.33. The van der Waals surface area contributed by atoms with Gasteiger partial charge in [0, 0.05) is 86.4 Å². The largest absolute Gasteiger partial charge is 0.378 e. The number of carbonyl (C=O) groups excluding carboxylic acids is 3. The van der Waals surface area contributed by atoms with Crippen LogP contribution in [-0.4, -0.2) is 61.5 Å². The molecule has 2 unspecified atom stereocenters. The van der Waals surface area contributed by atoms with E-state index in [0.717, 1.165) is 78.5 Å². The van der Waals surface area contributed by atoms with E-state index in [-0.39, 0.29) is 29.9 Å². The van der Waals surface area contributed by atoms with Crippen molar-refractivity contribution in [1.29, 1.82) is 0 Å². The number of halogens is 1. The number of piperazine rings is 1. The molecule has 7 rings (SSSR count). The minimum absolute atomic E-state index is 0.0506. The van der Waals surface area contributed by atoms with Crippen molar-refractivity contribution < 1.29 is 14.4 Å². The molecule has 3 aliphatic heterocycles. The zero-order chi connectivity index (χ0) is 34.1. The Hall–Kier alpha value is -4.86. The van der Waals surface area contributed by atoms with Crippen LogP contribution in [0.3, 0.4) is 0 Å². The monoisotopic (exact) mass is 676 g/mol. The Labute approximate surface area is 292 Å². The van der Waals surface area contributed by atoms with Crippen molar-refractivity contribution in [3.05, 3.63) is 107 Å². The molecule has 3 heterocycles. The van der Waals surface area contributed by atoms with Crippen LogP contribution in [0.5, 0.6) is 0 Å². The molecule has 2 saturated heterocycles. The summed E-state index contributed by atoms with van der Waals surface area (Å²) >= 11 is 6.14. The molecule has 2 fully saturated rings. The number of anilines is 4. The van der Waals surface area contributed by atoms with E-state index >= 15 is 0 Å². The molecule has 4 aromatic carbocycles. The summed E-state index contributed by atoms with van der Waals surface area (Å²) in [4.78, 5) is 45.0. The van der Waals surface area contributed by atoms with E-state index in [1.54, 1.807) is 11.8 Å². The predicted octanol–water partition coefficient (Wildman–Crippen LogP) is 7.07. The van der Waals surface area contributed by atoms with Crippen LogP contribution < -0.4 is 25.3 Å². The van der Waals surface area contributed by atoms with E-state index in [9.17, 15) is 14.4 Å². The second-order valence-corrected chi connectivity index (χ2v) is 13.6. The Kier molecular flexibility index (Phi) is 9.29. The smallest absolute Gasteiger partial charge is 0.328 e. The molecule has 0 radical (unpaired) electrons. The van der Waals surface area contributed by atoms with Crippen molar-refractivity contribution in [2.45, 2.75) is 45.3 Å². The maximum Gasteiger partial charge on any atom is 0.328 e. The van der Waals surface area contributed by atoms with E-state index in [1.807, 2.05) is 41.3 Å². The van der Waals surface area contributed by atoms with Gasteiger partial charge in [-0.3, -0.25) is 24.7 Å². The third-order valence-corrected chi connectivity index (χ3v) is 10.1. The first-order chi connectivity index (χ1) is 23.7. The van der Waals surface area contributed by atoms with Gasteiger partial charge >= 0.3 is 6.03 Å². The first kappa shape index (κ1) is 32.7. The summed E-state index contributed by atoms with van der Waals surface area (Å²) in [5.74, 6) is -0.174. The van der Waals surface area contributed by atoms with Gasteiger partial charge in [0.05, 0.1) is 6.04 Å². The number of amides is 4. The Morgan fingerprint density at radius 2 is 1.59 bits per heavy atom. The topological polar surface area (TPSA) is 88.2 Å². The maximum absolute atomic E-state index is 12.7. The Balaban J connectivity index is 1.01. The lowest BCUT2D eigenvalue weighted by molar-refractivity contribution is -0.120. The van der Waals surface area contributed by atoms with Gasteiger partial charge in [0.25, 0.3) is 0 Å². The van der Waals surface area contributed by atoms with Gasteiger partial charge in [-0.1, -0.05) is 41.9 Å². The molecular formula is C39H41ClN6O3. The highest BCUT2D eigenvalue weighted by atomic mass is 35.5. The van der Waals surface area contributed by atoms with Crippen molar-refractivity contribution >= 4 is 52.2 Å². The summed E-state index contributed by atoms with van der Waals surface area (Å²) in [6.45, 7) is 8.66. The number of benzene rings is 4. The predicted molar refractivity (Wildman–Crippen MR) is 196 cm³/mol. The van der Waals surface area contributed by atoms with Crippen LogP contribution in [-0.2, 0) is 16.1 Å². The van der Waals surface area contributed by atoms with Gasteiger partial charge in [-0.25, -0.2) is 4.79 Å². The second-order valence-electron chi connectivity index (χ2n) is 13.2. The summed E-state index contributed by atoms with van der Waals surface area (Å²) in [5.41, 5.74) is 8.49. The fraction of sp³-hybridized carbons (Fsp3) is 0.308. The Morgan fingerprint density at radius 3 is 2.31 bits per heavy atom. The number of imide groups is 1. The first-order valence-electron chi connectivity index (χ1n) is 17.0. The number of rotatable bonds is 7. The summed E-state index contributed by atoms with van der Waals surface area (Å²) in [6, 6.07) is 30.8. The molecule has 0 saturated carbocycles. The molecule has 2 N–H and O–H groups in total. The molecule has 0 spiro atoms. The molecule has 10 heteroatoms. The third-order valence-electron chi connectivity index (χ3n) is 9.82. The number of carbonyl (C=O) groups is 3. The highest BCUT2D eigenvalue weighted by molar-refractivity contribution is 6.30. The van der Waals surface area contributed by atoms with Crippen molar-refractivity contribution in [2.24, 2.45) is 0 Å². The van der Waals surface area contributed by atoms with Gasteiger partial charge < -0.3 is 15.1 Å². The SMILES string of the molecule is CC(=O)N1c2ccc(-c3ccc(N4CCN(Cc5cccc(N6CCC(=O)NC6=O)c5)CC4)cc3)cc2C(Nc2ccc(Cl)cc2)CC1C.